The van der Waals surface area contributed by atoms with Crippen LogP contribution < -0.4 is 4.90 Å². The molecule has 21 heavy (non-hydrogen) atoms. The van der Waals surface area contributed by atoms with Crippen molar-refractivity contribution in [1.29, 1.82) is 0 Å². The van der Waals surface area contributed by atoms with Gasteiger partial charge in [-0.25, -0.2) is 4.98 Å². The molecule has 0 bridgehead atoms. The van der Waals surface area contributed by atoms with Crippen LogP contribution >= 0.6 is 0 Å². The van der Waals surface area contributed by atoms with Gasteiger partial charge in [0, 0.05) is 31.2 Å². The molecule has 3 heterocycles. The van der Waals surface area contributed by atoms with Crippen LogP contribution in [-0.2, 0) is 0 Å². The molecule has 114 valence electrons. The monoisotopic (exact) mass is 290 g/mol. The maximum Gasteiger partial charge on any atom is 0.290 e. The number of anilines is 1. The molecule has 0 saturated carbocycles. The summed E-state index contributed by atoms with van der Waals surface area (Å²) in [6, 6.07) is 4.63. The molecule has 0 aliphatic carbocycles. The fourth-order valence-corrected chi connectivity index (χ4v) is 3.63. The SMILES string of the molecule is Cc1nc(N2CCC(N3CCCC3C)C2)ccc1[N+](=O)[O-]. The van der Waals surface area contributed by atoms with Gasteiger partial charge in [0.25, 0.3) is 5.69 Å². The molecule has 6 nitrogen and oxygen atoms in total. The second kappa shape index (κ2) is 5.60. The first-order valence-electron chi connectivity index (χ1n) is 7.69. The van der Waals surface area contributed by atoms with E-state index in [-0.39, 0.29) is 10.6 Å². The minimum atomic E-state index is -0.370. The highest BCUT2D eigenvalue weighted by Crippen LogP contribution is 2.28. The molecule has 2 saturated heterocycles. The summed E-state index contributed by atoms with van der Waals surface area (Å²) in [7, 11) is 0. The first kappa shape index (κ1) is 14.3. The van der Waals surface area contributed by atoms with Crippen LogP contribution in [-0.4, -0.2) is 46.5 Å². The van der Waals surface area contributed by atoms with Crippen LogP contribution in [0.15, 0.2) is 12.1 Å². The molecule has 6 heteroatoms. The first-order chi connectivity index (χ1) is 10.1. The molecule has 0 aromatic carbocycles. The van der Waals surface area contributed by atoms with E-state index in [1.165, 1.54) is 19.4 Å². The number of aromatic nitrogens is 1. The number of hydrogen-bond donors (Lipinski definition) is 0. The molecule has 3 rings (SSSR count). The van der Waals surface area contributed by atoms with Crippen LogP contribution in [0.1, 0.15) is 31.9 Å². The van der Waals surface area contributed by atoms with Gasteiger partial charge >= 0.3 is 0 Å². The van der Waals surface area contributed by atoms with Gasteiger partial charge in [0.15, 0.2) is 0 Å². The minimum Gasteiger partial charge on any atom is -0.355 e. The highest BCUT2D eigenvalue weighted by molar-refractivity contribution is 5.47. The lowest BCUT2D eigenvalue weighted by atomic mass is 10.2. The second-order valence-electron chi connectivity index (χ2n) is 6.15. The Morgan fingerprint density at radius 1 is 1.33 bits per heavy atom. The van der Waals surface area contributed by atoms with E-state index in [9.17, 15) is 10.1 Å². The van der Waals surface area contributed by atoms with Crippen molar-refractivity contribution in [3.05, 3.63) is 27.9 Å². The molecule has 1 aromatic rings. The lowest BCUT2D eigenvalue weighted by Crippen LogP contribution is -2.39. The van der Waals surface area contributed by atoms with Crippen LogP contribution in [0, 0.1) is 17.0 Å². The molecule has 2 fully saturated rings. The molecular formula is C15H22N4O2. The summed E-state index contributed by atoms with van der Waals surface area (Å²) in [6.07, 6.45) is 3.75. The van der Waals surface area contributed by atoms with Crippen LogP contribution in [0.4, 0.5) is 11.5 Å². The molecule has 0 N–H and O–H groups in total. The van der Waals surface area contributed by atoms with Crippen molar-refractivity contribution in [2.24, 2.45) is 0 Å². The fourth-order valence-electron chi connectivity index (χ4n) is 3.63. The number of pyridine rings is 1. The Bertz CT molecular complexity index is 548. The standard InChI is InChI=1S/C15H22N4O2/c1-11-4-3-8-18(11)13-7-9-17(10-13)15-6-5-14(19(20)21)12(2)16-15/h5-6,11,13H,3-4,7-10H2,1-2H3. The lowest BCUT2D eigenvalue weighted by molar-refractivity contribution is -0.385. The Hall–Kier alpha value is -1.69. The summed E-state index contributed by atoms with van der Waals surface area (Å²) in [4.78, 5) is 19.8. The van der Waals surface area contributed by atoms with Gasteiger partial charge in [-0.3, -0.25) is 15.0 Å². The summed E-state index contributed by atoms with van der Waals surface area (Å²) in [5.41, 5.74) is 0.596. The van der Waals surface area contributed by atoms with Gasteiger partial charge in [-0.2, -0.15) is 0 Å². The van der Waals surface area contributed by atoms with Crippen molar-refractivity contribution < 1.29 is 4.92 Å². The largest absolute Gasteiger partial charge is 0.355 e. The second-order valence-corrected chi connectivity index (χ2v) is 6.15. The number of rotatable bonds is 3. The van der Waals surface area contributed by atoms with E-state index in [0.717, 1.165) is 25.3 Å². The number of nitro groups is 1. The number of nitrogens with zero attached hydrogens (tertiary/aromatic N) is 4. The molecular weight excluding hydrogens is 268 g/mol. The summed E-state index contributed by atoms with van der Waals surface area (Å²) >= 11 is 0. The van der Waals surface area contributed by atoms with Crippen LogP contribution in [0.25, 0.3) is 0 Å². The zero-order valence-electron chi connectivity index (χ0n) is 12.7. The van der Waals surface area contributed by atoms with Crippen LogP contribution in [0.2, 0.25) is 0 Å². The summed E-state index contributed by atoms with van der Waals surface area (Å²) in [6.45, 7) is 7.18. The maximum atomic E-state index is 10.9. The smallest absolute Gasteiger partial charge is 0.290 e. The van der Waals surface area contributed by atoms with E-state index in [2.05, 4.69) is 21.7 Å². The van der Waals surface area contributed by atoms with Gasteiger partial charge in [-0.15, -0.1) is 0 Å². The number of hydrogen-bond acceptors (Lipinski definition) is 5. The highest BCUT2D eigenvalue weighted by Gasteiger charge is 2.33. The zero-order valence-corrected chi connectivity index (χ0v) is 12.7. The minimum absolute atomic E-state index is 0.0997. The van der Waals surface area contributed by atoms with Crippen molar-refractivity contribution in [2.45, 2.75) is 45.2 Å². The van der Waals surface area contributed by atoms with E-state index < -0.39 is 0 Å². The maximum absolute atomic E-state index is 10.9. The molecule has 0 amide bonds. The quantitative estimate of drug-likeness (QED) is 0.631. The van der Waals surface area contributed by atoms with Crippen LogP contribution in [0.3, 0.4) is 0 Å². The highest BCUT2D eigenvalue weighted by atomic mass is 16.6. The average Bonchev–Trinajstić information content (AvgIpc) is 3.06. The van der Waals surface area contributed by atoms with Crippen molar-refractivity contribution >= 4 is 11.5 Å². The van der Waals surface area contributed by atoms with Crippen molar-refractivity contribution in [3.63, 3.8) is 0 Å². The van der Waals surface area contributed by atoms with E-state index in [1.807, 2.05) is 0 Å². The van der Waals surface area contributed by atoms with E-state index in [0.29, 0.717) is 17.8 Å². The molecule has 0 spiro atoms. The Labute approximate surface area is 124 Å². The predicted octanol–water partition coefficient (Wildman–Crippen LogP) is 2.36. The number of aryl methyl sites for hydroxylation is 1. The predicted molar refractivity (Wildman–Crippen MR) is 81.6 cm³/mol. The molecule has 2 atom stereocenters. The van der Waals surface area contributed by atoms with Gasteiger partial charge in [0.05, 0.1) is 4.92 Å². The third kappa shape index (κ3) is 2.72. The molecule has 2 aliphatic heterocycles. The van der Waals surface area contributed by atoms with Gasteiger partial charge in [0.1, 0.15) is 11.5 Å². The third-order valence-electron chi connectivity index (χ3n) is 4.80. The lowest BCUT2D eigenvalue weighted by Gasteiger charge is -2.28. The zero-order chi connectivity index (χ0) is 15.0. The van der Waals surface area contributed by atoms with Gasteiger partial charge in [-0.05, 0) is 45.7 Å². The average molecular weight is 290 g/mol. The van der Waals surface area contributed by atoms with Crippen molar-refractivity contribution in [3.8, 4) is 0 Å². The molecule has 2 aliphatic rings. The van der Waals surface area contributed by atoms with E-state index in [4.69, 9.17) is 0 Å². The van der Waals surface area contributed by atoms with Gasteiger partial charge < -0.3 is 4.90 Å². The van der Waals surface area contributed by atoms with Crippen LogP contribution in [0.5, 0.6) is 0 Å². The summed E-state index contributed by atoms with van der Waals surface area (Å²) in [5.74, 6) is 0.868. The Morgan fingerprint density at radius 2 is 2.14 bits per heavy atom. The van der Waals surface area contributed by atoms with Crippen molar-refractivity contribution in [1.82, 2.24) is 9.88 Å². The molecule has 1 aromatic heterocycles. The summed E-state index contributed by atoms with van der Waals surface area (Å²) < 4.78 is 0. The van der Waals surface area contributed by atoms with E-state index >= 15 is 0 Å². The Balaban J connectivity index is 1.71. The first-order valence-corrected chi connectivity index (χ1v) is 7.69. The van der Waals surface area contributed by atoms with Gasteiger partial charge in [-0.1, -0.05) is 0 Å². The van der Waals surface area contributed by atoms with E-state index in [1.54, 1.807) is 19.1 Å². The summed E-state index contributed by atoms with van der Waals surface area (Å²) in [5, 5.41) is 10.9. The number of likely N-dealkylation sites (tertiary alicyclic amines) is 1. The topological polar surface area (TPSA) is 62.5 Å². The fraction of sp³-hybridized carbons (Fsp3) is 0.667. The third-order valence-corrected chi connectivity index (χ3v) is 4.80. The molecule has 2 unspecified atom stereocenters. The van der Waals surface area contributed by atoms with Crippen molar-refractivity contribution in [2.75, 3.05) is 24.5 Å². The Morgan fingerprint density at radius 3 is 2.76 bits per heavy atom. The van der Waals surface area contributed by atoms with Gasteiger partial charge in [0.2, 0.25) is 0 Å². The molecule has 0 radical (unpaired) electrons. The Kier molecular flexibility index (Phi) is 3.80. The normalized spacial score (nSPS) is 26.5.